The summed E-state index contributed by atoms with van der Waals surface area (Å²) in [5.41, 5.74) is -0.261. The van der Waals surface area contributed by atoms with Crippen molar-refractivity contribution in [3.8, 4) is 5.75 Å². The molecule has 1 atom stereocenters. The predicted molar refractivity (Wildman–Crippen MR) is 137 cm³/mol. The number of aliphatic hydroxyl groups is 1. The second-order valence-corrected chi connectivity index (χ2v) is 8.89. The molecule has 1 fully saturated rings. The molecule has 12 nitrogen and oxygen atoms in total. The summed E-state index contributed by atoms with van der Waals surface area (Å²) in [4.78, 5) is 37.4. The number of nitrogens with one attached hydrogen (secondary N) is 1. The van der Waals surface area contributed by atoms with Crippen molar-refractivity contribution >= 4 is 23.7 Å². The molecule has 0 radical (unpaired) electrons. The number of hydrogen-bond acceptors (Lipinski definition) is 9. The van der Waals surface area contributed by atoms with Crippen molar-refractivity contribution in [2.75, 3.05) is 32.6 Å². The molecule has 1 aromatic heterocycles. The number of ether oxygens (including phenoxy) is 2. The number of hydrogen-bond donors (Lipinski definition) is 5. The third kappa shape index (κ3) is 9.96. The van der Waals surface area contributed by atoms with Crippen molar-refractivity contribution < 1.29 is 44.3 Å². The van der Waals surface area contributed by atoms with Crippen LogP contribution in [0.25, 0.3) is 0 Å². The summed E-state index contributed by atoms with van der Waals surface area (Å²) in [6.45, 7) is 3.54. The summed E-state index contributed by atoms with van der Waals surface area (Å²) < 4.78 is 11.1. The third-order valence-electron chi connectivity index (χ3n) is 5.86. The van der Waals surface area contributed by atoms with E-state index in [0.717, 1.165) is 50.7 Å². The van der Waals surface area contributed by atoms with Gasteiger partial charge in [-0.15, -0.1) is 0 Å². The highest BCUT2D eigenvalue weighted by atomic mass is 16.5. The smallest absolute Gasteiger partial charge is 0.336 e. The largest absolute Gasteiger partial charge is 0.497 e. The highest BCUT2D eigenvalue weighted by Crippen LogP contribution is 2.21. The first-order valence-corrected chi connectivity index (χ1v) is 12.0. The maximum Gasteiger partial charge on any atom is 0.336 e. The van der Waals surface area contributed by atoms with Crippen LogP contribution in [0.3, 0.4) is 0 Å². The van der Waals surface area contributed by atoms with Gasteiger partial charge in [-0.25, -0.2) is 9.78 Å². The standard InChI is InChI=1S/C20H27N3O2.C6H8O7/c1-21-20-17(5-3-11-22-20)14-23(15-19-6-4-12-25-19)13-16-7-9-18(24-2)10-8-16;7-3(8)1-6(13,5(11)12)2-4(9)10/h3,5,7-11,19H,4,6,12-15H2,1-2H3,(H,21,22);13H,1-2H2,(H,7,8)(H,9,10)(H,11,12). The lowest BCUT2D eigenvalue weighted by Crippen LogP contribution is -2.42. The van der Waals surface area contributed by atoms with Gasteiger partial charge in [0.1, 0.15) is 11.6 Å². The SMILES string of the molecule is CNc1ncccc1CN(Cc1ccc(OC)cc1)CC1CCCO1.O=C(O)CC(O)(CC(=O)O)C(=O)O. The van der Waals surface area contributed by atoms with Crippen LogP contribution in [0.1, 0.15) is 36.8 Å². The minimum atomic E-state index is -2.74. The van der Waals surface area contributed by atoms with Crippen LogP contribution in [-0.4, -0.2) is 87.2 Å². The monoisotopic (exact) mass is 533 g/mol. The van der Waals surface area contributed by atoms with Crippen LogP contribution in [0.5, 0.6) is 5.75 Å². The highest BCUT2D eigenvalue weighted by molar-refractivity contribution is 5.88. The molecule has 0 amide bonds. The molecule has 208 valence electrons. The first-order valence-electron chi connectivity index (χ1n) is 12.0. The number of anilines is 1. The van der Waals surface area contributed by atoms with Crippen molar-refractivity contribution in [1.29, 1.82) is 0 Å². The van der Waals surface area contributed by atoms with Gasteiger partial charge >= 0.3 is 17.9 Å². The Labute approximate surface area is 220 Å². The number of carboxylic acid groups (broad SMARTS) is 3. The minimum absolute atomic E-state index is 0.327. The average Bonchev–Trinajstić information content (AvgIpc) is 3.37. The molecule has 1 aliphatic heterocycles. The summed E-state index contributed by atoms with van der Waals surface area (Å²) >= 11 is 0. The average molecular weight is 534 g/mol. The van der Waals surface area contributed by atoms with Crippen molar-refractivity contribution in [2.24, 2.45) is 0 Å². The van der Waals surface area contributed by atoms with E-state index in [1.165, 1.54) is 11.1 Å². The lowest BCUT2D eigenvalue weighted by Gasteiger charge is -2.26. The molecule has 1 saturated heterocycles. The second-order valence-electron chi connectivity index (χ2n) is 8.89. The molecule has 2 aromatic rings. The van der Waals surface area contributed by atoms with Crippen LogP contribution < -0.4 is 10.1 Å². The Bertz CT molecular complexity index is 1040. The zero-order valence-corrected chi connectivity index (χ0v) is 21.5. The number of carbonyl (C=O) groups is 3. The van der Waals surface area contributed by atoms with Gasteiger partial charge in [0, 0.05) is 45.0 Å². The summed E-state index contributed by atoms with van der Waals surface area (Å²) in [5.74, 6) is -3.19. The molecule has 2 heterocycles. The van der Waals surface area contributed by atoms with Crippen molar-refractivity contribution in [2.45, 2.75) is 50.5 Å². The van der Waals surface area contributed by atoms with Gasteiger partial charge in [-0.3, -0.25) is 14.5 Å². The van der Waals surface area contributed by atoms with Crippen LogP contribution >= 0.6 is 0 Å². The number of rotatable bonds is 13. The fourth-order valence-electron chi connectivity index (χ4n) is 4.00. The molecule has 0 bridgehead atoms. The van der Waals surface area contributed by atoms with E-state index in [4.69, 9.17) is 29.9 Å². The molecule has 1 aromatic carbocycles. The summed E-state index contributed by atoms with van der Waals surface area (Å²) in [6.07, 6.45) is 2.17. The van der Waals surface area contributed by atoms with E-state index in [0.29, 0.717) is 6.10 Å². The molecule has 0 spiro atoms. The number of pyridine rings is 1. The molecule has 5 N–H and O–H groups in total. The quantitative estimate of drug-likeness (QED) is 0.253. The highest BCUT2D eigenvalue weighted by Gasteiger charge is 2.40. The number of methoxy groups -OCH3 is 1. The predicted octanol–water partition coefficient (Wildman–Crippen LogP) is 2.06. The van der Waals surface area contributed by atoms with E-state index in [1.54, 1.807) is 7.11 Å². The first kappa shape index (κ1) is 30.5. The Morgan fingerprint density at radius 1 is 1.11 bits per heavy atom. The fraction of sp³-hybridized carbons (Fsp3) is 0.462. The normalized spacial score (nSPS) is 14.9. The zero-order valence-electron chi connectivity index (χ0n) is 21.5. The number of nitrogens with zero attached hydrogens (tertiary/aromatic N) is 2. The molecule has 1 unspecified atom stereocenters. The molecule has 0 saturated carbocycles. The van der Waals surface area contributed by atoms with Crippen LogP contribution in [0.15, 0.2) is 42.6 Å². The number of benzene rings is 1. The molecule has 1 aliphatic rings. The van der Waals surface area contributed by atoms with Gasteiger partial charge in [0.25, 0.3) is 0 Å². The molecular formula is C26H35N3O9. The van der Waals surface area contributed by atoms with Crippen LogP contribution in [0.2, 0.25) is 0 Å². The van der Waals surface area contributed by atoms with Gasteiger partial charge in [-0.2, -0.15) is 0 Å². The van der Waals surface area contributed by atoms with Crippen LogP contribution in [-0.2, 0) is 32.2 Å². The lowest BCUT2D eigenvalue weighted by atomic mass is 9.96. The van der Waals surface area contributed by atoms with Gasteiger partial charge in [-0.05, 0) is 36.6 Å². The van der Waals surface area contributed by atoms with Gasteiger partial charge in [0.15, 0.2) is 5.60 Å². The number of aromatic nitrogens is 1. The first-order chi connectivity index (χ1) is 18.1. The maximum absolute atomic E-state index is 10.3. The van der Waals surface area contributed by atoms with E-state index in [2.05, 4.69) is 33.4 Å². The fourth-order valence-corrected chi connectivity index (χ4v) is 4.00. The van der Waals surface area contributed by atoms with E-state index >= 15 is 0 Å². The Hall–Kier alpha value is -3.74. The zero-order chi connectivity index (χ0) is 28.1. The van der Waals surface area contributed by atoms with E-state index in [1.807, 2.05) is 31.4 Å². The lowest BCUT2D eigenvalue weighted by molar-refractivity contribution is -0.170. The van der Waals surface area contributed by atoms with Crippen LogP contribution in [0, 0.1) is 0 Å². The molecule has 12 heteroatoms. The Morgan fingerprint density at radius 3 is 2.26 bits per heavy atom. The van der Waals surface area contributed by atoms with Gasteiger partial charge in [0.2, 0.25) is 0 Å². The minimum Gasteiger partial charge on any atom is -0.497 e. The topological polar surface area (TPSA) is 179 Å². The Balaban J connectivity index is 0.000000332. The second kappa shape index (κ2) is 14.9. The Morgan fingerprint density at radius 2 is 1.76 bits per heavy atom. The van der Waals surface area contributed by atoms with Crippen LogP contribution in [0.4, 0.5) is 5.82 Å². The van der Waals surface area contributed by atoms with E-state index < -0.39 is 36.4 Å². The number of aliphatic carboxylic acids is 3. The third-order valence-corrected chi connectivity index (χ3v) is 5.86. The Kier molecular flexibility index (Phi) is 11.9. The molecular weight excluding hydrogens is 498 g/mol. The van der Waals surface area contributed by atoms with E-state index in [9.17, 15) is 14.4 Å². The van der Waals surface area contributed by atoms with E-state index in [-0.39, 0.29) is 0 Å². The van der Waals surface area contributed by atoms with Gasteiger partial charge in [0.05, 0.1) is 26.1 Å². The molecule has 0 aliphatic carbocycles. The summed E-state index contributed by atoms with van der Waals surface area (Å²) in [5, 5.41) is 37.0. The van der Waals surface area contributed by atoms with Crippen molar-refractivity contribution in [1.82, 2.24) is 9.88 Å². The molecule has 3 rings (SSSR count). The molecule has 38 heavy (non-hydrogen) atoms. The maximum atomic E-state index is 10.3. The van der Waals surface area contributed by atoms with Gasteiger partial charge in [-0.1, -0.05) is 18.2 Å². The van der Waals surface area contributed by atoms with Crippen molar-refractivity contribution in [3.63, 3.8) is 0 Å². The van der Waals surface area contributed by atoms with Gasteiger partial charge < -0.3 is 35.2 Å². The summed E-state index contributed by atoms with van der Waals surface area (Å²) in [7, 11) is 3.61. The van der Waals surface area contributed by atoms with Crippen molar-refractivity contribution in [3.05, 3.63) is 53.7 Å². The number of carboxylic acids is 3. The summed E-state index contributed by atoms with van der Waals surface area (Å²) in [6, 6.07) is 12.4.